The summed E-state index contributed by atoms with van der Waals surface area (Å²) in [6.07, 6.45) is 1.72. The third kappa shape index (κ3) is 6.33. The molecule has 0 fully saturated rings. The van der Waals surface area contributed by atoms with E-state index in [2.05, 4.69) is 5.32 Å². The SMILES string of the molecule is COCCCNC(=O)CN(c1ccc(Cl)cc1)S(C)(=O)=O. The standard InChI is InChI=1S/C13H19ClN2O4S/c1-20-9-3-8-15-13(17)10-16(21(2,18)19)12-6-4-11(14)5-7-12/h4-7H,3,8-10H2,1-2H3,(H,15,17). The lowest BCUT2D eigenvalue weighted by Crippen LogP contribution is -2.40. The van der Waals surface area contributed by atoms with E-state index in [1.54, 1.807) is 31.4 Å². The van der Waals surface area contributed by atoms with Crippen LogP contribution in [0.15, 0.2) is 24.3 Å². The van der Waals surface area contributed by atoms with Crippen LogP contribution >= 0.6 is 11.6 Å². The van der Waals surface area contributed by atoms with Gasteiger partial charge in [-0.05, 0) is 30.7 Å². The Morgan fingerprint density at radius 3 is 2.48 bits per heavy atom. The lowest BCUT2D eigenvalue weighted by molar-refractivity contribution is -0.119. The van der Waals surface area contributed by atoms with Gasteiger partial charge in [0, 0.05) is 25.3 Å². The smallest absolute Gasteiger partial charge is 0.240 e. The van der Waals surface area contributed by atoms with Crippen molar-refractivity contribution in [2.75, 3.05) is 37.4 Å². The van der Waals surface area contributed by atoms with Gasteiger partial charge in [-0.2, -0.15) is 0 Å². The minimum Gasteiger partial charge on any atom is -0.385 e. The molecule has 1 aromatic rings. The maximum absolute atomic E-state index is 11.8. The zero-order chi connectivity index (χ0) is 15.9. The van der Waals surface area contributed by atoms with Crippen LogP contribution in [0.5, 0.6) is 0 Å². The summed E-state index contributed by atoms with van der Waals surface area (Å²) in [7, 11) is -1.98. The molecular weight excluding hydrogens is 316 g/mol. The topological polar surface area (TPSA) is 75.7 Å². The highest BCUT2D eigenvalue weighted by Gasteiger charge is 2.20. The molecule has 8 heteroatoms. The zero-order valence-corrected chi connectivity index (χ0v) is 13.6. The number of amides is 1. The molecule has 1 amide bonds. The van der Waals surface area contributed by atoms with Gasteiger partial charge in [0.2, 0.25) is 15.9 Å². The van der Waals surface area contributed by atoms with Crippen molar-refractivity contribution in [1.29, 1.82) is 0 Å². The Balaban J connectivity index is 2.72. The molecule has 0 spiro atoms. The number of hydrogen-bond donors (Lipinski definition) is 1. The summed E-state index contributed by atoms with van der Waals surface area (Å²) in [5.74, 6) is -0.369. The van der Waals surface area contributed by atoms with E-state index >= 15 is 0 Å². The first-order chi connectivity index (χ1) is 9.84. The predicted octanol–water partition coefficient (Wildman–Crippen LogP) is 1.26. The maximum atomic E-state index is 11.8. The molecule has 6 nitrogen and oxygen atoms in total. The lowest BCUT2D eigenvalue weighted by atomic mass is 10.3. The summed E-state index contributed by atoms with van der Waals surface area (Å²) in [4.78, 5) is 11.8. The first kappa shape index (κ1) is 17.7. The number of carbonyl (C=O) groups is 1. The number of benzene rings is 1. The van der Waals surface area contributed by atoms with E-state index in [1.807, 2.05) is 0 Å². The number of nitrogens with one attached hydrogen (secondary N) is 1. The summed E-state index contributed by atoms with van der Waals surface area (Å²) in [5.41, 5.74) is 0.397. The summed E-state index contributed by atoms with van der Waals surface area (Å²) in [6, 6.07) is 6.26. The van der Waals surface area contributed by atoms with Gasteiger partial charge in [0.05, 0.1) is 11.9 Å². The molecule has 0 saturated heterocycles. The van der Waals surface area contributed by atoms with Crippen LogP contribution in [0, 0.1) is 0 Å². The number of nitrogens with zero attached hydrogens (tertiary/aromatic N) is 1. The van der Waals surface area contributed by atoms with Crippen molar-refractivity contribution in [1.82, 2.24) is 5.32 Å². The van der Waals surface area contributed by atoms with Crippen molar-refractivity contribution in [3.05, 3.63) is 29.3 Å². The molecule has 21 heavy (non-hydrogen) atoms. The first-order valence-corrected chi connectivity index (χ1v) is 8.56. The number of methoxy groups -OCH3 is 1. The molecule has 0 aliphatic rings. The molecule has 1 aromatic carbocycles. The number of halogens is 1. The fourth-order valence-electron chi connectivity index (χ4n) is 1.64. The largest absolute Gasteiger partial charge is 0.385 e. The molecule has 0 atom stereocenters. The molecule has 0 saturated carbocycles. The molecule has 1 rings (SSSR count). The monoisotopic (exact) mass is 334 g/mol. The molecule has 0 aromatic heterocycles. The van der Waals surface area contributed by atoms with Crippen LogP contribution in [0.1, 0.15) is 6.42 Å². The summed E-state index contributed by atoms with van der Waals surface area (Å²) in [5, 5.41) is 3.15. The second-order valence-corrected chi connectivity index (χ2v) is 6.79. The normalized spacial score (nSPS) is 11.2. The van der Waals surface area contributed by atoms with Gasteiger partial charge in [0.25, 0.3) is 0 Å². The summed E-state index contributed by atoms with van der Waals surface area (Å²) in [6.45, 7) is 0.700. The molecule has 0 heterocycles. The van der Waals surface area contributed by atoms with Crippen molar-refractivity contribution >= 4 is 33.2 Å². The van der Waals surface area contributed by atoms with Crippen molar-refractivity contribution in [2.45, 2.75) is 6.42 Å². The lowest BCUT2D eigenvalue weighted by Gasteiger charge is -2.21. The maximum Gasteiger partial charge on any atom is 0.240 e. The molecule has 0 bridgehead atoms. The minimum atomic E-state index is -3.56. The van der Waals surface area contributed by atoms with Gasteiger partial charge >= 0.3 is 0 Å². The van der Waals surface area contributed by atoms with Crippen molar-refractivity contribution in [2.24, 2.45) is 0 Å². The Morgan fingerprint density at radius 2 is 1.95 bits per heavy atom. The number of ether oxygens (including phenoxy) is 1. The van der Waals surface area contributed by atoms with E-state index < -0.39 is 10.0 Å². The van der Waals surface area contributed by atoms with Crippen LogP contribution in [-0.4, -0.2) is 47.4 Å². The number of hydrogen-bond acceptors (Lipinski definition) is 4. The third-order valence-electron chi connectivity index (χ3n) is 2.65. The molecule has 0 aliphatic heterocycles. The first-order valence-electron chi connectivity index (χ1n) is 6.33. The van der Waals surface area contributed by atoms with Gasteiger partial charge in [0.15, 0.2) is 0 Å². The average molecular weight is 335 g/mol. The van der Waals surface area contributed by atoms with Crippen LogP contribution in [0.3, 0.4) is 0 Å². The van der Waals surface area contributed by atoms with Gasteiger partial charge in [0.1, 0.15) is 6.54 Å². The average Bonchev–Trinajstić information content (AvgIpc) is 2.41. The van der Waals surface area contributed by atoms with E-state index in [1.165, 1.54) is 0 Å². The van der Waals surface area contributed by atoms with Crippen LogP contribution < -0.4 is 9.62 Å². The second kappa shape index (κ2) is 8.21. The second-order valence-electron chi connectivity index (χ2n) is 4.44. The summed E-state index contributed by atoms with van der Waals surface area (Å²) >= 11 is 5.78. The van der Waals surface area contributed by atoms with Gasteiger partial charge in [-0.1, -0.05) is 11.6 Å². The number of carbonyl (C=O) groups excluding carboxylic acids is 1. The van der Waals surface area contributed by atoms with E-state index in [0.29, 0.717) is 30.3 Å². The predicted molar refractivity (Wildman–Crippen MR) is 83.1 cm³/mol. The van der Waals surface area contributed by atoms with E-state index in [0.717, 1.165) is 10.6 Å². The zero-order valence-electron chi connectivity index (χ0n) is 12.0. The molecule has 0 radical (unpaired) electrons. The Bertz CT molecular complexity index is 560. The molecule has 1 N–H and O–H groups in total. The fourth-order valence-corrected chi connectivity index (χ4v) is 2.62. The summed E-state index contributed by atoms with van der Waals surface area (Å²) < 4.78 is 29.5. The van der Waals surface area contributed by atoms with Gasteiger partial charge in [-0.15, -0.1) is 0 Å². The van der Waals surface area contributed by atoms with Crippen molar-refractivity contribution in [3.63, 3.8) is 0 Å². The van der Waals surface area contributed by atoms with Gasteiger partial charge in [-0.3, -0.25) is 9.10 Å². The molecule has 0 aliphatic carbocycles. The van der Waals surface area contributed by atoms with Crippen LogP contribution in [0.2, 0.25) is 5.02 Å². The Morgan fingerprint density at radius 1 is 1.33 bits per heavy atom. The highest BCUT2D eigenvalue weighted by molar-refractivity contribution is 7.92. The quantitative estimate of drug-likeness (QED) is 0.726. The van der Waals surface area contributed by atoms with Crippen LogP contribution in [0.4, 0.5) is 5.69 Å². The van der Waals surface area contributed by atoms with Crippen LogP contribution in [0.25, 0.3) is 0 Å². The number of rotatable bonds is 8. The van der Waals surface area contributed by atoms with Gasteiger partial charge < -0.3 is 10.1 Å². The van der Waals surface area contributed by atoms with Crippen molar-refractivity contribution < 1.29 is 17.9 Å². The van der Waals surface area contributed by atoms with Crippen molar-refractivity contribution in [3.8, 4) is 0 Å². The third-order valence-corrected chi connectivity index (χ3v) is 4.04. The minimum absolute atomic E-state index is 0.270. The van der Waals surface area contributed by atoms with E-state index in [-0.39, 0.29) is 12.5 Å². The molecular formula is C13H19ClN2O4S. The van der Waals surface area contributed by atoms with E-state index in [4.69, 9.17) is 16.3 Å². The highest BCUT2D eigenvalue weighted by atomic mass is 35.5. The fraction of sp³-hybridized carbons (Fsp3) is 0.462. The van der Waals surface area contributed by atoms with Gasteiger partial charge in [-0.25, -0.2) is 8.42 Å². The molecule has 0 unspecified atom stereocenters. The number of anilines is 1. The highest BCUT2D eigenvalue weighted by Crippen LogP contribution is 2.20. The van der Waals surface area contributed by atoms with E-state index in [9.17, 15) is 13.2 Å². The number of sulfonamides is 1. The molecule has 118 valence electrons. The Hall–Kier alpha value is -1.31. The van der Waals surface area contributed by atoms with Crippen LogP contribution in [-0.2, 0) is 19.6 Å². The Labute approximate surface area is 130 Å². The Kier molecular flexibility index (Phi) is 6.94.